The van der Waals surface area contributed by atoms with Crippen molar-refractivity contribution in [2.45, 2.75) is 44.6 Å². The Bertz CT molecular complexity index is 586. The zero-order chi connectivity index (χ0) is 14.7. The van der Waals surface area contributed by atoms with Gasteiger partial charge in [0.15, 0.2) is 0 Å². The molecule has 0 spiro atoms. The Morgan fingerprint density at radius 2 is 1.90 bits per heavy atom. The van der Waals surface area contributed by atoms with Gasteiger partial charge < -0.3 is 10.4 Å². The van der Waals surface area contributed by atoms with Crippen LogP contribution in [0.3, 0.4) is 0 Å². The summed E-state index contributed by atoms with van der Waals surface area (Å²) >= 11 is 0. The number of nitrogens with zero attached hydrogens (tertiary/aromatic N) is 4. The number of aliphatic hydroxyl groups is 1. The second-order valence-electron chi connectivity index (χ2n) is 5.89. The summed E-state index contributed by atoms with van der Waals surface area (Å²) in [5.41, 5.74) is 1.46. The molecule has 21 heavy (non-hydrogen) atoms. The van der Waals surface area contributed by atoms with Gasteiger partial charge in [0.05, 0.1) is 11.3 Å². The Hall–Kier alpha value is -1.95. The fraction of sp³-hybridized carbons (Fsp3) is 0.533. The molecule has 112 valence electrons. The zero-order valence-electron chi connectivity index (χ0n) is 12.3. The molecule has 0 bridgehead atoms. The van der Waals surface area contributed by atoms with E-state index in [1.165, 1.54) is 12.0 Å². The van der Waals surface area contributed by atoms with E-state index in [1.807, 2.05) is 31.2 Å². The third-order valence-corrected chi connectivity index (χ3v) is 4.11. The average molecular weight is 287 g/mol. The van der Waals surface area contributed by atoms with E-state index in [-0.39, 0.29) is 0 Å². The fourth-order valence-corrected chi connectivity index (χ4v) is 2.79. The van der Waals surface area contributed by atoms with E-state index in [0.717, 1.165) is 31.4 Å². The molecule has 6 nitrogen and oxygen atoms in total. The lowest BCUT2D eigenvalue weighted by Gasteiger charge is -2.32. The Morgan fingerprint density at radius 1 is 1.19 bits per heavy atom. The van der Waals surface area contributed by atoms with Crippen molar-refractivity contribution in [3.05, 3.63) is 29.8 Å². The highest BCUT2D eigenvalue weighted by Gasteiger charge is 2.29. The van der Waals surface area contributed by atoms with Crippen molar-refractivity contribution in [2.75, 3.05) is 11.9 Å². The van der Waals surface area contributed by atoms with Crippen LogP contribution in [0.15, 0.2) is 24.3 Å². The van der Waals surface area contributed by atoms with Crippen molar-refractivity contribution in [1.82, 2.24) is 20.2 Å². The van der Waals surface area contributed by atoms with Crippen LogP contribution in [0.5, 0.6) is 0 Å². The first-order chi connectivity index (χ1) is 10.2. The molecular formula is C15H21N5O. The van der Waals surface area contributed by atoms with Crippen molar-refractivity contribution in [3.8, 4) is 5.69 Å². The van der Waals surface area contributed by atoms with Gasteiger partial charge in [-0.1, -0.05) is 42.1 Å². The standard InChI is InChI=1S/C15H21N5O/c1-12-5-7-13(8-6-12)20-14(17-18-19-20)16-11-15(21)9-3-2-4-10-15/h5-8,21H,2-4,9-11H2,1H3,(H,16,17,19). The molecule has 0 unspecified atom stereocenters. The Kier molecular flexibility index (Phi) is 3.88. The molecular weight excluding hydrogens is 266 g/mol. The summed E-state index contributed by atoms with van der Waals surface area (Å²) in [6, 6.07) is 8.00. The van der Waals surface area contributed by atoms with E-state index in [1.54, 1.807) is 4.68 Å². The van der Waals surface area contributed by atoms with Crippen molar-refractivity contribution < 1.29 is 5.11 Å². The molecule has 0 aliphatic heterocycles. The van der Waals surface area contributed by atoms with Gasteiger partial charge in [0.25, 0.3) is 0 Å². The first kappa shape index (κ1) is 14.0. The normalized spacial score (nSPS) is 17.6. The van der Waals surface area contributed by atoms with Gasteiger partial charge in [-0.05, 0) is 42.3 Å². The Balaban J connectivity index is 1.72. The number of anilines is 1. The quantitative estimate of drug-likeness (QED) is 0.900. The van der Waals surface area contributed by atoms with Gasteiger partial charge in [0.1, 0.15) is 0 Å². The van der Waals surface area contributed by atoms with Crippen LogP contribution < -0.4 is 5.32 Å². The third-order valence-electron chi connectivity index (χ3n) is 4.11. The van der Waals surface area contributed by atoms with Crippen LogP contribution in [-0.2, 0) is 0 Å². The van der Waals surface area contributed by atoms with Crippen molar-refractivity contribution in [1.29, 1.82) is 0 Å². The molecule has 1 fully saturated rings. The molecule has 0 amide bonds. The number of tetrazole rings is 1. The van der Waals surface area contributed by atoms with Crippen molar-refractivity contribution >= 4 is 5.95 Å². The molecule has 0 radical (unpaired) electrons. The number of hydrogen-bond acceptors (Lipinski definition) is 5. The molecule has 0 saturated heterocycles. The predicted molar refractivity (Wildman–Crippen MR) is 80.4 cm³/mol. The maximum atomic E-state index is 10.5. The summed E-state index contributed by atoms with van der Waals surface area (Å²) < 4.78 is 1.66. The van der Waals surface area contributed by atoms with Crippen LogP contribution in [0.25, 0.3) is 5.69 Å². The van der Waals surface area contributed by atoms with Crippen LogP contribution in [0.2, 0.25) is 0 Å². The molecule has 1 saturated carbocycles. The molecule has 0 atom stereocenters. The lowest BCUT2D eigenvalue weighted by molar-refractivity contribution is 0.0165. The Morgan fingerprint density at radius 3 is 2.62 bits per heavy atom. The molecule has 2 aromatic rings. The van der Waals surface area contributed by atoms with Crippen LogP contribution in [0, 0.1) is 6.92 Å². The van der Waals surface area contributed by atoms with Crippen molar-refractivity contribution in [3.63, 3.8) is 0 Å². The van der Waals surface area contributed by atoms with Gasteiger partial charge in [-0.2, -0.15) is 4.68 Å². The van der Waals surface area contributed by atoms with E-state index >= 15 is 0 Å². The van der Waals surface area contributed by atoms with Crippen LogP contribution in [-0.4, -0.2) is 37.5 Å². The number of benzene rings is 1. The van der Waals surface area contributed by atoms with E-state index in [2.05, 4.69) is 20.8 Å². The van der Waals surface area contributed by atoms with Gasteiger partial charge in [-0.25, -0.2) is 0 Å². The maximum absolute atomic E-state index is 10.5. The minimum atomic E-state index is -0.637. The van der Waals surface area contributed by atoms with Crippen LogP contribution >= 0.6 is 0 Å². The number of aryl methyl sites for hydroxylation is 1. The number of rotatable bonds is 4. The van der Waals surface area contributed by atoms with E-state index < -0.39 is 5.60 Å². The lowest BCUT2D eigenvalue weighted by Crippen LogP contribution is -2.39. The second-order valence-corrected chi connectivity index (χ2v) is 5.89. The largest absolute Gasteiger partial charge is 0.388 e. The topological polar surface area (TPSA) is 75.9 Å². The van der Waals surface area contributed by atoms with Gasteiger partial charge in [-0.3, -0.25) is 0 Å². The second kappa shape index (κ2) is 5.81. The molecule has 1 aromatic carbocycles. The summed E-state index contributed by atoms with van der Waals surface area (Å²) in [6.07, 6.45) is 5.06. The number of hydrogen-bond donors (Lipinski definition) is 2. The monoisotopic (exact) mass is 287 g/mol. The summed E-state index contributed by atoms with van der Waals surface area (Å²) in [5.74, 6) is 0.567. The highest BCUT2D eigenvalue weighted by atomic mass is 16.3. The smallest absolute Gasteiger partial charge is 0.247 e. The lowest BCUT2D eigenvalue weighted by atomic mass is 9.85. The molecule has 1 aromatic heterocycles. The van der Waals surface area contributed by atoms with E-state index in [4.69, 9.17) is 0 Å². The zero-order valence-corrected chi connectivity index (χ0v) is 12.3. The van der Waals surface area contributed by atoms with Gasteiger partial charge in [0, 0.05) is 6.54 Å². The van der Waals surface area contributed by atoms with E-state index in [0.29, 0.717) is 12.5 Å². The fourth-order valence-electron chi connectivity index (χ4n) is 2.79. The Labute approximate surface area is 124 Å². The molecule has 1 aliphatic rings. The van der Waals surface area contributed by atoms with Gasteiger partial charge in [-0.15, -0.1) is 0 Å². The average Bonchev–Trinajstić information content (AvgIpc) is 2.95. The number of aromatic nitrogens is 4. The highest BCUT2D eigenvalue weighted by Crippen LogP contribution is 2.28. The molecule has 2 N–H and O–H groups in total. The highest BCUT2D eigenvalue weighted by molar-refractivity contribution is 5.40. The predicted octanol–water partition coefficient (Wildman–Crippen LogP) is 2.08. The van der Waals surface area contributed by atoms with Crippen molar-refractivity contribution in [2.24, 2.45) is 0 Å². The minimum Gasteiger partial charge on any atom is -0.388 e. The molecule has 1 aliphatic carbocycles. The summed E-state index contributed by atoms with van der Waals surface area (Å²) in [5, 5.41) is 25.5. The van der Waals surface area contributed by atoms with Gasteiger partial charge >= 0.3 is 0 Å². The number of nitrogens with one attached hydrogen (secondary N) is 1. The van der Waals surface area contributed by atoms with Crippen LogP contribution in [0.4, 0.5) is 5.95 Å². The third kappa shape index (κ3) is 3.21. The minimum absolute atomic E-state index is 0.485. The summed E-state index contributed by atoms with van der Waals surface area (Å²) in [6.45, 7) is 2.53. The van der Waals surface area contributed by atoms with Gasteiger partial charge in [0.2, 0.25) is 5.95 Å². The maximum Gasteiger partial charge on any atom is 0.247 e. The summed E-state index contributed by atoms with van der Waals surface area (Å²) in [4.78, 5) is 0. The molecule has 1 heterocycles. The van der Waals surface area contributed by atoms with Crippen LogP contribution in [0.1, 0.15) is 37.7 Å². The SMILES string of the molecule is Cc1ccc(-n2nnnc2NCC2(O)CCCCC2)cc1. The first-order valence-electron chi connectivity index (χ1n) is 7.48. The molecule has 3 rings (SSSR count). The molecule has 6 heteroatoms. The first-order valence-corrected chi connectivity index (χ1v) is 7.48. The summed E-state index contributed by atoms with van der Waals surface area (Å²) in [7, 11) is 0. The van der Waals surface area contributed by atoms with E-state index in [9.17, 15) is 5.11 Å².